The van der Waals surface area contributed by atoms with Gasteiger partial charge in [0.05, 0.1) is 6.10 Å². The Hall–Kier alpha value is -0.0800. The Morgan fingerprint density at radius 3 is 2.56 bits per heavy atom. The molecule has 96 valence electrons. The van der Waals surface area contributed by atoms with Crippen molar-refractivity contribution in [1.82, 2.24) is 0 Å². The first-order valence-corrected chi connectivity index (χ1v) is 6.90. The Bertz CT molecular complexity index is 191. The molecule has 0 bridgehead atoms. The highest BCUT2D eigenvalue weighted by Crippen LogP contribution is 2.30. The van der Waals surface area contributed by atoms with Crippen LogP contribution in [0.1, 0.15) is 59.3 Å². The number of hydrogen-bond acceptors (Lipinski definition) is 2. The van der Waals surface area contributed by atoms with Crippen LogP contribution in [0.15, 0.2) is 0 Å². The second-order valence-corrected chi connectivity index (χ2v) is 5.98. The standard InChI is InChI=1S/C14H29NO/c1-4-12-7-5-6-8-13(12)16-10-9-14(2,3)11-15/h12-13H,4-11,15H2,1-3H3. The van der Waals surface area contributed by atoms with E-state index in [-0.39, 0.29) is 5.41 Å². The van der Waals surface area contributed by atoms with E-state index in [1.807, 2.05) is 0 Å². The minimum absolute atomic E-state index is 0.233. The molecule has 1 fully saturated rings. The van der Waals surface area contributed by atoms with Gasteiger partial charge in [0.1, 0.15) is 0 Å². The summed E-state index contributed by atoms with van der Waals surface area (Å²) in [5, 5.41) is 0. The lowest BCUT2D eigenvalue weighted by Gasteiger charge is -2.32. The summed E-state index contributed by atoms with van der Waals surface area (Å²) < 4.78 is 6.07. The van der Waals surface area contributed by atoms with Gasteiger partial charge in [-0.1, -0.05) is 40.0 Å². The molecule has 0 aliphatic heterocycles. The van der Waals surface area contributed by atoms with Crippen LogP contribution in [0.5, 0.6) is 0 Å². The van der Waals surface area contributed by atoms with Gasteiger partial charge in [0.25, 0.3) is 0 Å². The fraction of sp³-hybridized carbons (Fsp3) is 1.00. The first-order chi connectivity index (χ1) is 7.59. The summed E-state index contributed by atoms with van der Waals surface area (Å²) in [6.07, 6.45) is 8.24. The van der Waals surface area contributed by atoms with Gasteiger partial charge in [-0.2, -0.15) is 0 Å². The van der Waals surface area contributed by atoms with Gasteiger partial charge in [-0.15, -0.1) is 0 Å². The van der Waals surface area contributed by atoms with Gasteiger partial charge < -0.3 is 10.5 Å². The molecule has 16 heavy (non-hydrogen) atoms. The lowest BCUT2D eigenvalue weighted by Crippen LogP contribution is -2.30. The summed E-state index contributed by atoms with van der Waals surface area (Å²) in [6, 6.07) is 0. The molecule has 2 heteroatoms. The van der Waals surface area contributed by atoms with Crippen LogP contribution in [0.4, 0.5) is 0 Å². The lowest BCUT2D eigenvalue weighted by molar-refractivity contribution is -0.0216. The largest absolute Gasteiger partial charge is 0.378 e. The van der Waals surface area contributed by atoms with Crippen molar-refractivity contribution in [1.29, 1.82) is 0 Å². The van der Waals surface area contributed by atoms with Crippen molar-refractivity contribution < 1.29 is 4.74 Å². The van der Waals surface area contributed by atoms with Crippen molar-refractivity contribution in [3.05, 3.63) is 0 Å². The fourth-order valence-electron chi connectivity index (χ4n) is 2.45. The van der Waals surface area contributed by atoms with Crippen molar-refractivity contribution in [2.45, 2.75) is 65.4 Å². The van der Waals surface area contributed by atoms with Gasteiger partial charge in [-0.25, -0.2) is 0 Å². The predicted molar refractivity (Wildman–Crippen MR) is 69.4 cm³/mol. The highest BCUT2D eigenvalue weighted by atomic mass is 16.5. The van der Waals surface area contributed by atoms with Crippen LogP contribution < -0.4 is 5.73 Å². The van der Waals surface area contributed by atoms with Crippen molar-refractivity contribution in [3.8, 4) is 0 Å². The molecule has 1 rings (SSSR count). The molecule has 0 radical (unpaired) electrons. The Balaban J connectivity index is 2.25. The molecule has 0 saturated heterocycles. The molecule has 0 heterocycles. The van der Waals surface area contributed by atoms with Gasteiger partial charge in [-0.3, -0.25) is 0 Å². The minimum Gasteiger partial charge on any atom is -0.378 e. The summed E-state index contributed by atoms with van der Waals surface area (Å²) in [7, 11) is 0. The van der Waals surface area contributed by atoms with Crippen molar-refractivity contribution in [3.63, 3.8) is 0 Å². The monoisotopic (exact) mass is 227 g/mol. The molecule has 2 unspecified atom stereocenters. The number of nitrogens with two attached hydrogens (primary N) is 1. The Morgan fingerprint density at radius 2 is 1.94 bits per heavy atom. The van der Waals surface area contributed by atoms with Crippen molar-refractivity contribution in [2.75, 3.05) is 13.2 Å². The van der Waals surface area contributed by atoms with Gasteiger partial charge in [-0.05, 0) is 37.1 Å². The smallest absolute Gasteiger partial charge is 0.0603 e. The van der Waals surface area contributed by atoms with Crippen molar-refractivity contribution >= 4 is 0 Å². The quantitative estimate of drug-likeness (QED) is 0.755. The van der Waals surface area contributed by atoms with Gasteiger partial charge >= 0.3 is 0 Å². The van der Waals surface area contributed by atoms with Crippen LogP contribution in [0.3, 0.4) is 0 Å². The maximum atomic E-state index is 6.07. The third-order valence-electron chi connectivity index (χ3n) is 4.03. The maximum absolute atomic E-state index is 6.07. The molecule has 2 N–H and O–H groups in total. The SMILES string of the molecule is CCC1CCCCC1OCCC(C)(C)CN. The summed E-state index contributed by atoms with van der Waals surface area (Å²) in [5.41, 5.74) is 5.96. The van der Waals surface area contributed by atoms with Gasteiger partial charge in [0.2, 0.25) is 0 Å². The fourth-order valence-corrected chi connectivity index (χ4v) is 2.45. The Morgan fingerprint density at radius 1 is 1.25 bits per heavy atom. The third-order valence-corrected chi connectivity index (χ3v) is 4.03. The molecule has 0 aromatic heterocycles. The lowest BCUT2D eigenvalue weighted by atomic mass is 9.84. The molecule has 0 amide bonds. The minimum atomic E-state index is 0.233. The second kappa shape index (κ2) is 6.61. The number of ether oxygens (including phenoxy) is 1. The molecule has 1 aliphatic carbocycles. The second-order valence-electron chi connectivity index (χ2n) is 5.98. The molecule has 1 saturated carbocycles. The molecule has 2 atom stereocenters. The predicted octanol–water partition coefficient (Wildman–Crippen LogP) is 3.35. The normalized spacial score (nSPS) is 27.0. The van der Waals surface area contributed by atoms with Gasteiger partial charge in [0, 0.05) is 6.61 Å². The molecule has 2 nitrogen and oxygen atoms in total. The van der Waals surface area contributed by atoms with E-state index in [4.69, 9.17) is 10.5 Å². The first kappa shape index (κ1) is 14.0. The first-order valence-electron chi connectivity index (χ1n) is 6.90. The number of rotatable bonds is 6. The van der Waals surface area contributed by atoms with Gasteiger partial charge in [0.15, 0.2) is 0 Å². The van der Waals surface area contributed by atoms with E-state index in [2.05, 4.69) is 20.8 Å². The average molecular weight is 227 g/mol. The van der Waals surface area contributed by atoms with Crippen LogP contribution in [-0.2, 0) is 4.74 Å². The van der Waals surface area contributed by atoms with E-state index in [1.165, 1.54) is 32.1 Å². The highest BCUT2D eigenvalue weighted by Gasteiger charge is 2.25. The zero-order chi connectivity index (χ0) is 12.0. The summed E-state index contributed by atoms with van der Waals surface area (Å²) in [6.45, 7) is 8.35. The molecule has 1 aliphatic rings. The van der Waals surface area contributed by atoms with E-state index in [0.717, 1.165) is 25.5 Å². The topological polar surface area (TPSA) is 35.2 Å². The Labute approximate surface area is 101 Å². The van der Waals surface area contributed by atoms with Crippen LogP contribution >= 0.6 is 0 Å². The van der Waals surface area contributed by atoms with Crippen LogP contribution in [0.25, 0.3) is 0 Å². The average Bonchev–Trinajstić information content (AvgIpc) is 2.29. The van der Waals surface area contributed by atoms with Crippen molar-refractivity contribution in [2.24, 2.45) is 17.1 Å². The maximum Gasteiger partial charge on any atom is 0.0603 e. The van der Waals surface area contributed by atoms with E-state index in [0.29, 0.717) is 6.10 Å². The van der Waals surface area contributed by atoms with E-state index < -0.39 is 0 Å². The zero-order valence-electron chi connectivity index (χ0n) is 11.3. The summed E-state index contributed by atoms with van der Waals surface area (Å²) in [5.74, 6) is 0.801. The molecule has 0 aromatic rings. The zero-order valence-corrected chi connectivity index (χ0v) is 11.3. The molecular weight excluding hydrogens is 198 g/mol. The molecule has 0 aromatic carbocycles. The van der Waals surface area contributed by atoms with E-state index >= 15 is 0 Å². The summed E-state index contributed by atoms with van der Waals surface area (Å²) in [4.78, 5) is 0. The molecule has 0 spiro atoms. The molecular formula is C14H29NO. The summed E-state index contributed by atoms with van der Waals surface area (Å²) >= 11 is 0. The van der Waals surface area contributed by atoms with Crippen LogP contribution in [0, 0.1) is 11.3 Å². The van der Waals surface area contributed by atoms with E-state index in [1.54, 1.807) is 0 Å². The van der Waals surface area contributed by atoms with Crippen LogP contribution in [0.2, 0.25) is 0 Å². The van der Waals surface area contributed by atoms with E-state index in [9.17, 15) is 0 Å². The Kier molecular flexibility index (Phi) is 5.77. The third kappa shape index (κ3) is 4.42. The van der Waals surface area contributed by atoms with Crippen LogP contribution in [-0.4, -0.2) is 19.3 Å². The highest BCUT2D eigenvalue weighted by molar-refractivity contribution is 4.76. The number of hydrogen-bond donors (Lipinski definition) is 1.